The zero-order valence-corrected chi connectivity index (χ0v) is 12.4. The van der Waals surface area contributed by atoms with Crippen molar-refractivity contribution in [1.82, 2.24) is 0 Å². The molecular formula is C13H12BrNO2S. The third kappa shape index (κ3) is 2.73. The monoisotopic (exact) mass is 325 g/mol. The van der Waals surface area contributed by atoms with Gasteiger partial charge in [0.1, 0.15) is 5.75 Å². The number of thiophene rings is 1. The van der Waals surface area contributed by atoms with Crippen molar-refractivity contribution in [3.8, 4) is 5.75 Å². The van der Waals surface area contributed by atoms with Crippen molar-refractivity contribution in [3.05, 3.63) is 45.1 Å². The third-order valence-corrected chi connectivity index (χ3v) is 4.08. The minimum Gasteiger partial charge on any atom is -0.497 e. The largest absolute Gasteiger partial charge is 0.497 e. The molecule has 2 aromatic rings. The smallest absolute Gasteiger partial charge is 0.258 e. The van der Waals surface area contributed by atoms with Gasteiger partial charge in [-0.2, -0.15) is 0 Å². The lowest BCUT2D eigenvalue weighted by molar-refractivity contribution is 0.0993. The van der Waals surface area contributed by atoms with Crippen molar-refractivity contribution in [2.45, 2.75) is 0 Å². The molecule has 0 unspecified atom stereocenters. The second-order valence-corrected chi connectivity index (χ2v) is 5.99. The maximum atomic E-state index is 12.2. The van der Waals surface area contributed by atoms with Crippen molar-refractivity contribution in [1.29, 1.82) is 0 Å². The first-order valence-corrected chi connectivity index (χ1v) is 6.95. The van der Waals surface area contributed by atoms with Gasteiger partial charge in [-0.25, -0.2) is 0 Å². The van der Waals surface area contributed by atoms with E-state index in [0.29, 0.717) is 5.56 Å². The molecule has 3 nitrogen and oxygen atoms in total. The topological polar surface area (TPSA) is 29.5 Å². The molecule has 94 valence electrons. The van der Waals surface area contributed by atoms with Crippen LogP contribution < -0.4 is 9.64 Å². The van der Waals surface area contributed by atoms with Crippen LogP contribution in [0.4, 0.5) is 5.69 Å². The maximum Gasteiger partial charge on any atom is 0.258 e. The highest BCUT2D eigenvalue weighted by atomic mass is 79.9. The summed E-state index contributed by atoms with van der Waals surface area (Å²) in [6, 6.07) is 9.22. The summed E-state index contributed by atoms with van der Waals surface area (Å²) in [6.45, 7) is 0. The molecule has 18 heavy (non-hydrogen) atoms. The standard InChI is InChI=1S/C13H12BrNO2S/c1-15(10-3-5-11(17-2)6-4-10)13(16)9-7-12(14)18-8-9/h3-8H,1-2H3. The first-order chi connectivity index (χ1) is 8.61. The van der Waals surface area contributed by atoms with Crippen LogP contribution in [0.25, 0.3) is 0 Å². The van der Waals surface area contributed by atoms with E-state index in [-0.39, 0.29) is 5.91 Å². The number of anilines is 1. The minimum absolute atomic E-state index is 0.0258. The van der Waals surface area contributed by atoms with Crippen molar-refractivity contribution in [2.75, 3.05) is 19.1 Å². The fourth-order valence-corrected chi connectivity index (χ4v) is 2.67. The molecule has 1 heterocycles. The van der Waals surface area contributed by atoms with Crippen molar-refractivity contribution in [3.63, 3.8) is 0 Å². The minimum atomic E-state index is -0.0258. The van der Waals surface area contributed by atoms with Gasteiger partial charge in [0, 0.05) is 18.1 Å². The first kappa shape index (κ1) is 13.1. The molecule has 0 bridgehead atoms. The van der Waals surface area contributed by atoms with Crippen LogP contribution in [-0.2, 0) is 0 Å². The predicted octanol–water partition coefficient (Wildman–Crippen LogP) is 3.80. The Balaban J connectivity index is 2.19. The highest BCUT2D eigenvalue weighted by molar-refractivity contribution is 9.11. The van der Waals surface area contributed by atoms with Gasteiger partial charge in [-0.3, -0.25) is 4.79 Å². The lowest BCUT2D eigenvalue weighted by atomic mass is 10.2. The van der Waals surface area contributed by atoms with Crippen LogP contribution in [0.1, 0.15) is 10.4 Å². The zero-order chi connectivity index (χ0) is 13.1. The molecule has 0 aliphatic rings. The molecule has 0 saturated heterocycles. The molecule has 1 aromatic heterocycles. The zero-order valence-electron chi connectivity index (χ0n) is 10.0. The molecule has 0 aliphatic heterocycles. The van der Waals surface area contributed by atoms with Gasteiger partial charge >= 0.3 is 0 Å². The van der Waals surface area contributed by atoms with Crippen LogP contribution >= 0.6 is 27.3 Å². The molecule has 0 N–H and O–H groups in total. The van der Waals surface area contributed by atoms with Gasteiger partial charge in [0.05, 0.1) is 16.5 Å². The number of nitrogens with zero attached hydrogens (tertiary/aromatic N) is 1. The van der Waals surface area contributed by atoms with Gasteiger partial charge in [0.15, 0.2) is 0 Å². The molecule has 1 aromatic carbocycles. The van der Waals surface area contributed by atoms with E-state index in [1.165, 1.54) is 11.3 Å². The van der Waals surface area contributed by atoms with Crippen LogP contribution in [0, 0.1) is 0 Å². The summed E-state index contributed by atoms with van der Waals surface area (Å²) in [5.74, 6) is 0.750. The van der Waals surface area contributed by atoms with Gasteiger partial charge in [-0.05, 0) is 46.3 Å². The van der Waals surface area contributed by atoms with Crippen molar-refractivity contribution in [2.24, 2.45) is 0 Å². The number of rotatable bonds is 3. The second kappa shape index (κ2) is 5.54. The Morgan fingerprint density at radius 1 is 1.33 bits per heavy atom. The fourth-order valence-electron chi connectivity index (χ4n) is 1.54. The number of carbonyl (C=O) groups excluding carboxylic acids is 1. The van der Waals surface area contributed by atoms with Crippen molar-refractivity contribution < 1.29 is 9.53 Å². The van der Waals surface area contributed by atoms with Gasteiger partial charge in [-0.15, -0.1) is 11.3 Å². The molecular weight excluding hydrogens is 314 g/mol. The van der Waals surface area contributed by atoms with Gasteiger partial charge in [0.2, 0.25) is 0 Å². The molecule has 0 aliphatic carbocycles. The number of carbonyl (C=O) groups is 1. The van der Waals surface area contributed by atoms with Crippen LogP contribution in [0.5, 0.6) is 5.75 Å². The Morgan fingerprint density at radius 3 is 2.50 bits per heavy atom. The second-order valence-electron chi connectivity index (χ2n) is 3.70. The quantitative estimate of drug-likeness (QED) is 0.859. The molecule has 1 amide bonds. The molecule has 0 atom stereocenters. The summed E-state index contributed by atoms with van der Waals surface area (Å²) >= 11 is 4.86. The summed E-state index contributed by atoms with van der Waals surface area (Å²) < 4.78 is 6.04. The Bertz CT molecular complexity index is 550. The highest BCUT2D eigenvalue weighted by Crippen LogP contribution is 2.24. The number of methoxy groups -OCH3 is 1. The van der Waals surface area contributed by atoms with E-state index in [1.54, 1.807) is 19.1 Å². The predicted molar refractivity (Wildman–Crippen MR) is 77.7 cm³/mol. The van der Waals surface area contributed by atoms with Crippen LogP contribution in [-0.4, -0.2) is 20.1 Å². The number of hydrogen-bond donors (Lipinski definition) is 0. The maximum absolute atomic E-state index is 12.2. The normalized spacial score (nSPS) is 10.2. The Morgan fingerprint density at radius 2 is 2.00 bits per heavy atom. The highest BCUT2D eigenvalue weighted by Gasteiger charge is 2.14. The van der Waals surface area contributed by atoms with Crippen LogP contribution in [0.3, 0.4) is 0 Å². The van der Waals surface area contributed by atoms with E-state index >= 15 is 0 Å². The van der Waals surface area contributed by atoms with Gasteiger partial charge < -0.3 is 9.64 Å². The number of ether oxygens (including phenoxy) is 1. The first-order valence-electron chi connectivity index (χ1n) is 5.28. The summed E-state index contributed by atoms with van der Waals surface area (Å²) in [4.78, 5) is 13.8. The average Bonchev–Trinajstić information content (AvgIpc) is 2.84. The number of hydrogen-bond acceptors (Lipinski definition) is 3. The summed E-state index contributed by atoms with van der Waals surface area (Å²) in [7, 11) is 3.38. The lowest BCUT2D eigenvalue weighted by Crippen LogP contribution is -2.25. The number of amides is 1. The fraction of sp³-hybridized carbons (Fsp3) is 0.154. The van der Waals surface area contributed by atoms with Crippen LogP contribution in [0.15, 0.2) is 39.5 Å². The van der Waals surface area contributed by atoms with E-state index in [9.17, 15) is 4.79 Å². The number of halogens is 1. The van der Waals surface area contributed by atoms with E-state index in [0.717, 1.165) is 15.2 Å². The van der Waals surface area contributed by atoms with Crippen molar-refractivity contribution >= 4 is 38.9 Å². The molecule has 0 spiro atoms. The molecule has 0 saturated carbocycles. The third-order valence-electron chi connectivity index (χ3n) is 2.58. The van der Waals surface area contributed by atoms with E-state index in [4.69, 9.17) is 4.74 Å². The van der Waals surface area contributed by atoms with Crippen LogP contribution in [0.2, 0.25) is 0 Å². The summed E-state index contributed by atoms with van der Waals surface area (Å²) in [5.41, 5.74) is 1.52. The van der Waals surface area contributed by atoms with E-state index in [2.05, 4.69) is 15.9 Å². The SMILES string of the molecule is COc1ccc(N(C)C(=O)c2csc(Br)c2)cc1. The molecule has 0 radical (unpaired) electrons. The summed E-state index contributed by atoms with van der Waals surface area (Å²) in [5, 5.41) is 1.84. The molecule has 2 rings (SSSR count). The Hall–Kier alpha value is -1.33. The van der Waals surface area contributed by atoms with E-state index in [1.807, 2.05) is 35.7 Å². The van der Waals surface area contributed by atoms with Gasteiger partial charge in [-0.1, -0.05) is 0 Å². The molecule has 0 fully saturated rings. The lowest BCUT2D eigenvalue weighted by Gasteiger charge is -2.16. The average molecular weight is 326 g/mol. The van der Waals surface area contributed by atoms with Gasteiger partial charge in [0.25, 0.3) is 5.91 Å². The number of benzene rings is 1. The molecule has 5 heteroatoms. The Labute approximate surface area is 118 Å². The summed E-state index contributed by atoms with van der Waals surface area (Å²) in [6.07, 6.45) is 0. The van der Waals surface area contributed by atoms with E-state index < -0.39 is 0 Å². The Kier molecular flexibility index (Phi) is 4.04.